The second-order valence-corrected chi connectivity index (χ2v) is 7.14. The predicted octanol–water partition coefficient (Wildman–Crippen LogP) is 4.30. The summed E-state index contributed by atoms with van der Waals surface area (Å²) in [6.07, 6.45) is -1.59. The first-order chi connectivity index (χ1) is 12.4. The van der Waals surface area contributed by atoms with E-state index >= 15 is 0 Å². The molecule has 26 heavy (non-hydrogen) atoms. The van der Waals surface area contributed by atoms with Gasteiger partial charge in [0, 0.05) is 0 Å². The molecule has 0 aromatic heterocycles. The molecule has 0 spiro atoms. The van der Waals surface area contributed by atoms with E-state index in [0.717, 1.165) is 5.56 Å². The average Bonchev–Trinajstić information content (AvgIpc) is 2.63. The van der Waals surface area contributed by atoms with Crippen molar-refractivity contribution in [3.8, 4) is 11.1 Å². The highest BCUT2D eigenvalue weighted by Gasteiger charge is 2.15. The number of benzene rings is 3. The third kappa shape index (κ3) is 5.75. The van der Waals surface area contributed by atoms with Crippen molar-refractivity contribution in [2.45, 2.75) is 11.8 Å². The van der Waals surface area contributed by atoms with Gasteiger partial charge in [0.25, 0.3) is 10.0 Å². The first-order valence-electron chi connectivity index (χ1n) is 7.81. The summed E-state index contributed by atoms with van der Waals surface area (Å²) in [5.41, 5.74) is 3.45. The van der Waals surface area contributed by atoms with Crippen molar-refractivity contribution in [3.63, 3.8) is 0 Å². The molecule has 0 saturated heterocycles. The van der Waals surface area contributed by atoms with E-state index in [1.54, 1.807) is 19.1 Å². The summed E-state index contributed by atoms with van der Waals surface area (Å²) in [5, 5.41) is 8.27. The summed E-state index contributed by atoms with van der Waals surface area (Å²) in [6, 6.07) is 26.7. The van der Waals surface area contributed by atoms with Gasteiger partial charge in [-0.05, 0) is 30.2 Å². The lowest BCUT2D eigenvalue weighted by atomic mass is 10.1. The molecule has 1 amide bonds. The van der Waals surface area contributed by atoms with Crippen LogP contribution in [0.3, 0.4) is 0 Å². The number of hydrogen-bond acceptors (Lipinski definition) is 3. The molecule has 0 heterocycles. The van der Waals surface area contributed by atoms with Gasteiger partial charge in [0.2, 0.25) is 0 Å². The van der Waals surface area contributed by atoms with Gasteiger partial charge in [0.1, 0.15) is 0 Å². The SMILES string of the molecule is Cc1ccc(S(=O)(=O)NC(=O)O)cc1.c1ccc(-c2ccccc2)cc1. The van der Waals surface area contributed by atoms with E-state index in [-0.39, 0.29) is 4.90 Å². The molecule has 3 rings (SSSR count). The Morgan fingerprint density at radius 2 is 1.19 bits per heavy atom. The van der Waals surface area contributed by atoms with Gasteiger partial charge >= 0.3 is 6.09 Å². The van der Waals surface area contributed by atoms with Crippen molar-refractivity contribution in [1.82, 2.24) is 4.72 Å². The average molecular weight is 369 g/mol. The minimum Gasteiger partial charge on any atom is -0.464 e. The second kappa shape index (κ2) is 8.82. The number of hydrogen-bond donors (Lipinski definition) is 2. The van der Waals surface area contributed by atoms with E-state index in [2.05, 4.69) is 48.5 Å². The largest absolute Gasteiger partial charge is 0.464 e. The van der Waals surface area contributed by atoms with Crippen molar-refractivity contribution in [2.75, 3.05) is 0 Å². The van der Waals surface area contributed by atoms with E-state index in [1.165, 1.54) is 28.0 Å². The molecule has 0 unspecified atom stereocenters. The summed E-state index contributed by atoms with van der Waals surface area (Å²) >= 11 is 0. The maximum atomic E-state index is 11.3. The quantitative estimate of drug-likeness (QED) is 0.721. The maximum Gasteiger partial charge on any atom is 0.418 e. The van der Waals surface area contributed by atoms with E-state index in [9.17, 15) is 13.2 Å². The molecule has 134 valence electrons. The summed E-state index contributed by atoms with van der Waals surface area (Å²) in [7, 11) is -3.93. The van der Waals surface area contributed by atoms with Gasteiger partial charge in [-0.1, -0.05) is 78.4 Å². The highest BCUT2D eigenvalue weighted by molar-refractivity contribution is 7.90. The third-order valence-electron chi connectivity index (χ3n) is 3.43. The Hall–Kier alpha value is -3.12. The van der Waals surface area contributed by atoms with E-state index in [4.69, 9.17) is 5.11 Å². The van der Waals surface area contributed by atoms with Gasteiger partial charge in [-0.25, -0.2) is 17.9 Å². The molecule has 0 fully saturated rings. The molecule has 0 aliphatic carbocycles. The maximum absolute atomic E-state index is 11.3. The number of rotatable bonds is 3. The summed E-state index contributed by atoms with van der Waals surface area (Å²) < 4.78 is 24.0. The topological polar surface area (TPSA) is 83.5 Å². The summed E-state index contributed by atoms with van der Waals surface area (Å²) in [5.74, 6) is 0. The molecule has 0 atom stereocenters. The number of sulfonamides is 1. The Morgan fingerprint density at radius 1 is 0.769 bits per heavy atom. The molecule has 0 aliphatic heterocycles. The molecule has 3 aromatic carbocycles. The van der Waals surface area contributed by atoms with E-state index in [1.807, 2.05) is 12.1 Å². The van der Waals surface area contributed by atoms with Crippen LogP contribution in [-0.4, -0.2) is 19.6 Å². The van der Waals surface area contributed by atoms with Gasteiger partial charge < -0.3 is 5.11 Å². The smallest absolute Gasteiger partial charge is 0.418 e. The zero-order chi connectivity index (χ0) is 19.0. The van der Waals surface area contributed by atoms with E-state index in [0.29, 0.717) is 0 Å². The van der Waals surface area contributed by atoms with Crippen LogP contribution in [-0.2, 0) is 10.0 Å². The minimum absolute atomic E-state index is 0.0644. The molecular weight excluding hydrogens is 350 g/mol. The molecule has 0 saturated carbocycles. The van der Waals surface area contributed by atoms with Crippen molar-refractivity contribution in [2.24, 2.45) is 0 Å². The predicted molar refractivity (Wildman–Crippen MR) is 101 cm³/mol. The molecule has 0 aliphatic rings. The van der Waals surface area contributed by atoms with Gasteiger partial charge in [0.15, 0.2) is 0 Å². The molecule has 0 bridgehead atoms. The molecule has 3 aromatic rings. The third-order valence-corrected chi connectivity index (χ3v) is 4.77. The minimum atomic E-state index is -3.93. The second-order valence-electron chi connectivity index (χ2n) is 5.46. The molecule has 6 heteroatoms. The Labute approximate surface area is 153 Å². The Balaban J connectivity index is 0.000000189. The highest BCUT2D eigenvalue weighted by atomic mass is 32.2. The number of carbonyl (C=O) groups is 1. The molecule has 0 radical (unpaired) electrons. The first-order valence-corrected chi connectivity index (χ1v) is 9.30. The van der Waals surface area contributed by atoms with Crippen LogP contribution >= 0.6 is 0 Å². The zero-order valence-corrected chi connectivity index (χ0v) is 15.0. The lowest BCUT2D eigenvalue weighted by molar-refractivity contribution is 0.201. The van der Waals surface area contributed by atoms with Crippen LogP contribution in [0, 0.1) is 6.92 Å². The fourth-order valence-corrected chi connectivity index (χ4v) is 2.99. The molecule has 5 nitrogen and oxygen atoms in total. The summed E-state index contributed by atoms with van der Waals surface area (Å²) in [6.45, 7) is 1.81. The van der Waals surface area contributed by atoms with Crippen molar-refractivity contribution in [1.29, 1.82) is 0 Å². The standard InChI is InChI=1S/C12H10.C8H9NO4S/c1-3-7-11(8-4-1)12-9-5-2-6-10-12;1-6-2-4-7(5-3-6)14(12,13)9-8(10)11/h1-10H;2-5,9H,1H3,(H,10,11). The highest BCUT2D eigenvalue weighted by Crippen LogP contribution is 2.17. The van der Waals surface area contributed by atoms with Crippen LogP contribution in [0.5, 0.6) is 0 Å². The Morgan fingerprint density at radius 3 is 1.58 bits per heavy atom. The van der Waals surface area contributed by atoms with Crippen molar-refractivity contribution in [3.05, 3.63) is 90.5 Å². The van der Waals surface area contributed by atoms with E-state index < -0.39 is 16.1 Å². The lowest BCUT2D eigenvalue weighted by Crippen LogP contribution is -2.28. The van der Waals surface area contributed by atoms with Gasteiger partial charge in [0.05, 0.1) is 4.90 Å². The summed E-state index contributed by atoms with van der Waals surface area (Å²) in [4.78, 5) is 10.1. The molecule has 2 N–H and O–H groups in total. The van der Waals surface area contributed by atoms with Crippen molar-refractivity contribution >= 4 is 16.1 Å². The van der Waals surface area contributed by atoms with Gasteiger partial charge in [-0.15, -0.1) is 0 Å². The van der Waals surface area contributed by atoms with Gasteiger partial charge in [-0.2, -0.15) is 0 Å². The fourth-order valence-electron chi connectivity index (χ4n) is 2.15. The van der Waals surface area contributed by atoms with Crippen LogP contribution in [0.25, 0.3) is 11.1 Å². The monoisotopic (exact) mass is 369 g/mol. The first kappa shape index (κ1) is 19.2. The fraction of sp³-hybridized carbons (Fsp3) is 0.0500. The van der Waals surface area contributed by atoms with Crippen LogP contribution < -0.4 is 4.72 Å². The van der Waals surface area contributed by atoms with Crippen LogP contribution in [0.4, 0.5) is 4.79 Å². The number of nitrogens with one attached hydrogen (secondary N) is 1. The van der Waals surface area contributed by atoms with Crippen LogP contribution in [0.15, 0.2) is 89.8 Å². The van der Waals surface area contributed by atoms with Crippen LogP contribution in [0.2, 0.25) is 0 Å². The molecular formula is C20H19NO4S. The zero-order valence-electron chi connectivity index (χ0n) is 14.2. The number of aryl methyl sites for hydroxylation is 1. The Kier molecular flexibility index (Phi) is 6.52. The Bertz CT molecular complexity index is 901. The number of carboxylic acid groups (broad SMARTS) is 1. The normalized spacial score (nSPS) is 10.3. The van der Waals surface area contributed by atoms with Crippen molar-refractivity contribution < 1.29 is 18.3 Å². The lowest BCUT2D eigenvalue weighted by Gasteiger charge is -2.03. The number of amides is 1. The van der Waals surface area contributed by atoms with Crippen LogP contribution in [0.1, 0.15) is 5.56 Å². The van der Waals surface area contributed by atoms with Gasteiger partial charge in [-0.3, -0.25) is 0 Å².